The van der Waals surface area contributed by atoms with Gasteiger partial charge in [-0.3, -0.25) is 0 Å². The number of nitrogens with zero attached hydrogens (tertiary/aromatic N) is 1. The molecular formula is C20H35N3O2. The Labute approximate surface area is 152 Å². The maximum Gasteiger partial charge on any atom is 0.191 e. The third-order valence-electron chi connectivity index (χ3n) is 3.97. The minimum atomic E-state index is 0.235. The number of aliphatic hydroxyl groups excluding tert-OH is 1. The lowest BCUT2D eigenvalue weighted by Gasteiger charge is -2.20. The van der Waals surface area contributed by atoms with Crippen LogP contribution in [0.2, 0.25) is 0 Å². The Morgan fingerprint density at radius 2 is 2.00 bits per heavy atom. The van der Waals surface area contributed by atoms with Crippen molar-refractivity contribution in [2.24, 2.45) is 16.8 Å². The van der Waals surface area contributed by atoms with Crippen molar-refractivity contribution in [1.29, 1.82) is 0 Å². The Bertz CT molecular complexity index is 503. The van der Waals surface area contributed by atoms with Gasteiger partial charge in [-0.1, -0.05) is 38.1 Å². The van der Waals surface area contributed by atoms with Crippen molar-refractivity contribution in [2.75, 3.05) is 26.8 Å². The van der Waals surface area contributed by atoms with E-state index in [1.807, 2.05) is 6.07 Å². The van der Waals surface area contributed by atoms with Crippen molar-refractivity contribution < 1.29 is 9.84 Å². The van der Waals surface area contributed by atoms with Gasteiger partial charge in [0.1, 0.15) is 0 Å². The molecule has 0 heterocycles. The molecule has 1 aromatic rings. The summed E-state index contributed by atoms with van der Waals surface area (Å²) in [7, 11) is 1.71. The van der Waals surface area contributed by atoms with Crippen LogP contribution in [0.1, 0.15) is 44.7 Å². The van der Waals surface area contributed by atoms with Crippen molar-refractivity contribution >= 4 is 5.96 Å². The third kappa shape index (κ3) is 9.46. The van der Waals surface area contributed by atoms with E-state index in [0.29, 0.717) is 25.0 Å². The zero-order valence-electron chi connectivity index (χ0n) is 16.2. The molecule has 0 spiro atoms. The first-order chi connectivity index (χ1) is 12.1. The summed E-state index contributed by atoms with van der Waals surface area (Å²) < 4.78 is 5.19. The Morgan fingerprint density at radius 1 is 1.24 bits per heavy atom. The number of nitrogens with one attached hydrogen (secondary N) is 2. The topological polar surface area (TPSA) is 65.9 Å². The first-order valence-electron chi connectivity index (χ1n) is 9.28. The summed E-state index contributed by atoms with van der Waals surface area (Å²) in [4.78, 5) is 4.69. The molecule has 25 heavy (non-hydrogen) atoms. The van der Waals surface area contributed by atoms with Crippen LogP contribution in [0.5, 0.6) is 0 Å². The molecule has 0 fully saturated rings. The summed E-state index contributed by atoms with van der Waals surface area (Å²) in [5, 5.41) is 16.0. The average Bonchev–Trinajstić information content (AvgIpc) is 2.57. The molecular weight excluding hydrogens is 314 g/mol. The predicted octanol–water partition coefficient (Wildman–Crippen LogP) is 2.93. The van der Waals surface area contributed by atoms with E-state index in [4.69, 9.17) is 4.74 Å². The summed E-state index contributed by atoms with van der Waals surface area (Å²) in [5.74, 6) is 1.91. The highest BCUT2D eigenvalue weighted by Gasteiger charge is 2.11. The number of benzene rings is 1. The van der Waals surface area contributed by atoms with Gasteiger partial charge in [0.25, 0.3) is 0 Å². The average molecular weight is 350 g/mol. The van der Waals surface area contributed by atoms with E-state index in [0.717, 1.165) is 37.5 Å². The summed E-state index contributed by atoms with van der Waals surface area (Å²) >= 11 is 0. The van der Waals surface area contributed by atoms with Crippen molar-refractivity contribution in [3.05, 3.63) is 35.4 Å². The molecule has 0 aromatic heterocycles. The molecule has 1 atom stereocenters. The van der Waals surface area contributed by atoms with E-state index in [2.05, 4.69) is 54.6 Å². The first kappa shape index (κ1) is 21.5. The van der Waals surface area contributed by atoms with Crippen LogP contribution in [-0.4, -0.2) is 37.9 Å². The number of guanidine groups is 1. The van der Waals surface area contributed by atoms with Crippen LogP contribution in [0, 0.1) is 11.8 Å². The number of hydrogen-bond acceptors (Lipinski definition) is 3. The molecule has 0 aliphatic rings. The molecule has 0 bridgehead atoms. The lowest BCUT2D eigenvalue weighted by Crippen LogP contribution is -2.40. The van der Waals surface area contributed by atoms with E-state index in [1.165, 1.54) is 5.56 Å². The van der Waals surface area contributed by atoms with Gasteiger partial charge in [-0.25, -0.2) is 4.99 Å². The van der Waals surface area contributed by atoms with Crippen molar-refractivity contribution in [2.45, 2.75) is 46.8 Å². The van der Waals surface area contributed by atoms with Crippen LogP contribution in [0.4, 0.5) is 0 Å². The van der Waals surface area contributed by atoms with E-state index in [-0.39, 0.29) is 6.61 Å². The van der Waals surface area contributed by atoms with Crippen molar-refractivity contribution in [3.8, 4) is 0 Å². The van der Waals surface area contributed by atoms with Crippen molar-refractivity contribution in [3.63, 3.8) is 0 Å². The largest absolute Gasteiger partial charge is 0.396 e. The van der Waals surface area contributed by atoms with Crippen LogP contribution in [0.25, 0.3) is 0 Å². The fraction of sp³-hybridized carbons (Fsp3) is 0.650. The number of aliphatic hydroxyl groups is 1. The summed E-state index contributed by atoms with van der Waals surface area (Å²) in [6.07, 6.45) is 1.93. The Kier molecular flexibility index (Phi) is 10.9. The van der Waals surface area contributed by atoms with Crippen LogP contribution < -0.4 is 10.6 Å². The molecule has 142 valence electrons. The molecule has 0 amide bonds. The molecule has 1 unspecified atom stereocenters. The van der Waals surface area contributed by atoms with Gasteiger partial charge >= 0.3 is 0 Å². The quantitative estimate of drug-likeness (QED) is 0.424. The van der Waals surface area contributed by atoms with Crippen LogP contribution in [-0.2, 0) is 17.9 Å². The van der Waals surface area contributed by atoms with Gasteiger partial charge in [0.2, 0.25) is 0 Å². The zero-order chi connectivity index (χ0) is 18.5. The molecule has 5 heteroatoms. The molecule has 0 radical (unpaired) electrons. The fourth-order valence-corrected chi connectivity index (χ4v) is 2.89. The monoisotopic (exact) mass is 349 g/mol. The number of rotatable bonds is 11. The number of hydrogen-bond donors (Lipinski definition) is 3. The second-order valence-electron chi connectivity index (χ2n) is 6.84. The van der Waals surface area contributed by atoms with E-state index >= 15 is 0 Å². The van der Waals surface area contributed by atoms with Gasteiger partial charge in [0.05, 0.1) is 13.2 Å². The van der Waals surface area contributed by atoms with Crippen LogP contribution in [0.15, 0.2) is 29.3 Å². The lowest BCUT2D eigenvalue weighted by molar-refractivity contribution is 0.185. The summed E-state index contributed by atoms with van der Waals surface area (Å²) in [6.45, 7) is 9.64. The molecule has 1 rings (SSSR count). The third-order valence-corrected chi connectivity index (χ3v) is 3.97. The van der Waals surface area contributed by atoms with Gasteiger partial charge in [0, 0.05) is 26.8 Å². The van der Waals surface area contributed by atoms with E-state index in [1.54, 1.807) is 7.11 Å². The maximum absolute atomic E-state index is 9.26. The highest BCUT2D eigenvalue weighted by Crippen LogP contribution is 2.14. The molecule has 5 nitrogen and oxygen atoms in total. The number of aliphatic imine (C=N–C) groups is 1. The highest BCUT2D eigenvalue weighted by molar-refractivity contribution is 5.79. The second-order valence-corrected chi connectivity index (χ2v) is 6.84. The Hall–Kier alpha value is -1.59. The molecule has 0 saturated heterocycles. The molecule has 3 N–H and O–H groups in total. The van der Waals surface area contributed by atoms with Crippen molar-refractivity contribution in [1.82, 2.24) is 10.6 Å². The van der Waals surface area contributed by atoms with Crippen LogP contribution >= 0.6 is 0 Å². The number of methoxy groups -OCH3 is 1. The zero-order valence-corrected chi connectivity index (χ0v) is 16.2. The van der Waals surface area contributed by atoms with Gasteiger partial charge in [-0.05, 0) is 42.7 Å². The molecule has 0 aliphatic heterocycles. The predicted molar refractivity (Wildman–Crippen MR) is 105 cm³/mol. The Balaban J connectivity index is 2.64. The molecule has 1 aromatic carbocycles. The lowest BCUT2D eigenvalue weighted by atomic mass is 9.94. The second kappa shape index (κ2) is 12.7. The normalized spacial score (nSPS) is 13.1. The van der Waals surface area contributed by atoms with Gasteiger partial charge in [0.15, 0.2) is 5.96 Å². The first-order valence-corrected chi connectivity index (χ1v) is 9.28. The minimum Gasteiger partial charge on any atom is -0.396 e. The standard InChI is InChI=1S/C20H35N3O2/c1-5-21-20(23-14-18(9-10-24)11-16(2)3)22-13-17-7-6-8-19(12-17)15-25-4/h6-8,12,16,18,24H,5,9-11,13-15H2,1-4H3,(H2,21,22,23). The molecule has 0 saturated carbocycles. The maximum atomic E-state index is 9.26. The number of ether oxygens (including phenoxy) is 1. The van der Waals surface area contributed by atoms with Gasteiger partial charge < -0.3 is 20.5 Å². The van der Waals surface area contributed by atoms with Gasteiger partial charge in [-0.2, -0.15) is 0 Å². The fourth-order valence-electron chi connectivity index (χ4n) is 2.89. The SMILES string of the molecule is CCNC(=NCc1cccc(COC)c1)NCC(CCO)CC(C)C. The highest BCUT2D eigenvalue weighted by atomic mass is 16.5. The van der Waals surface area contributed by atoms with E-state index in [9.17, 15) is 5.11 Å². The minimum absolute atomic E-state index is 0.235. The smallest absolute Gasteiger partial charge is 0.191 e. The Morgan fingerprint density at radius 3 is 2.64 bits per heavy atom. The van der Waals surface area contributed by atoms with Gasteiger partial charge in [-0.15, -0.1) is 0 Å². The summed E-state index contributed by atoms with van der Waals surface area (Å²) in [6, 6.07) is 8.31. The summed E-state index contributed by atoms with van der Waals surface area (Å²) in [5.41, 5.74) is 2.33. The van der Waals surface area contributed by atoms with Crippen LogP contribution in [0.3, 0.4) is 0 Å². The van der Waals surface area contributed by atoms with E-state index < -0.39 is 0 Å². The molecule has 0 aliphatic carbocycles.